The lowest BCUT2D eigenvalue weighted by Gasteiger charge is -2.19. The van der Waals surface area contributed by atoms with Gasteiger partial charge in [-0.15, -0.1) is 4.91 Å². The van der Waals surface area contributed by atoms with Gasteiger partial charge in [0, 0.05) is 11.7 Å². The minimum Gasteiger partial charge on any atom is -0.444 e. The van der Waals surface area contributed by atoms with E-state index in [1.807, 2.05) is 13.8 Å². The van der Waals surface area contributed by atoms with Gasteiger partial charge in [-0.25, -0.2) is 9.59 Å². The molecule has 0 aromatic heterocycles. The number of amides is 3. The number of nitrogens with one attached hydrogen (secondary N) is 3. The Hall–Kier alpha value is -4.48. The van der Waals surface area contributed by atoms with Crippen molar-refractivity contribution >= 4 is 35.9 Å². The smallest absolute Gasteiger partial charge is 0.444 e. The average Bonchev–Trinajstić information content (AvgIpc) is 2.87. The number of rotatable bonds is 9. The highest BCUT2D eigenvalue weighted by molar-refractivity contribution is 5.82. The lowest BCUT2D eigenvalue weighted by Crippen LogP contribution is -2.41. The third-order valence-corrected chi connectivity index (χ3v) is 3.92. The number of nitrogens with zero attached hydrogens (tertiary/aromatic N) is 1. The summed E-state index contributed by atoms with van der Waals surface area (Å²) in [4.78, 5) is 54.3. The van der Waals surface area contributed by atoms with Gasteiger partial charge in [-0.3, -0.25) is 9.59 Å². The zero-order chi connectivity index (χ0) is 30.6. The molecule has 2 aromatic carbocycles. The molecule has 3 N–H and O–H groups in total. The first kappa shape index (κ1) is 35.5. The molecule has 0 unspecified atom stereocenters. The highest BCUT2D eigenvalue weighted by Gasteiger charge is 2.16. The van der Waals surface area contributed by atoms with E-state index in [-0.39, 0.29) is 36.5 Å². The predicted molar refractivity (Wildman–Crippen MR) is 152 cm³/mol. The summed E-state index contributed by atoms with van der Waals surface area (Å²) in [6.07, 6.45) is 0.386. The average molecular weight is 561 g/mol. The van der Waals surface area contributed by atoms with Crippen LogP contribution in [0.4, 0.5) is 21.0 Å². The molecule has 2 aromatic rings. The molecule has 2 rings (SSSR count). The van der Waals surface area contributed by atoms with Crippen LogP contribution < -0.4 is 20.7 Å². The van der Waals surface area contributed by atoms with Crippen molar-refractivity contribution in [2.75, 3.05) is 11.9 Å². The van der Waals surface area contributed by atoms with Crippen LogP contribution in [0.2, 0.25) is 0 Å². The molecule has 12 heteroatoms. The summed E-state index contributed by atoms with van der Waals surface area (Å²) in [5.41, 5.74) is 1.09. The Morgan fingerprint density at radius 1 is 0.975 bits per heavy atom. The third kappa shape index (κ3) is 18.7. The molecule has 40 heavy (non-hydrogen) atoms. The summed E-state index contributed by atoms with van der Waals surface area (Å²) in [6.45, 7) is 13.2. The number of carbonyl (C=O) groups is 4. The first-order valence-corrected chi connectivity index (χ1v) is 12.7. The lowest BCUT2D eigenvalue weighted by atomic mass is 10.2. The molecule has 12 nitrogen and oxygen atoms in total. The van der Waals surface area contributed by atoms with Crippen molar-refractivity contribution in [3.63, 3.8) is 0 Å². The first-order chi connectivity index (χ1) is 18.8. The van der Waals surface area contributed by atoms with Gasteiger partial charge in [0.1, 0.15) is 30.2 Å². The third-order valence-electron chi connectivity index (χ3n) is 3.92. The summed E-state index contributed by atoms with van der Waals surface area (Å²) in [6, 6.07) is 12.6. The van der Waals surface area contributed by atoms with Crippen molar-refractivity contribution in [1.82, 2.24) is 10.6 Å². The minimum absolute atomic E-state index is 0.0359. The Morgan fingerprint density at radius 2 is 1.55 bits per heavy atom. The molecule has 0 heterocycles. The van der Waals surface area contributed by atoms with Crippen LogP contribution in [0.3, 0.4) is 0 Å². The van der Waals surface area contributed by atoms with Gasteiger partial charge in [0.25, 0.3) is 0 Å². The van der Waals surface area contributed by atoms with Crippen molar-refractivity contribution in [2.45, 2.75) is 73.1 Å². The largest absolute Gasteiger partial charge is 0.514 e. The molecule has 0 radical (unpaired) electrons. The molecule has 0 atom stereocenters. The van der Waals surface area contributed by atoms with Gasteiger partial charge in [0.15, 0.2) is 0 Å². The molecule has 0 fully saturated rings. The van der Waals surface area contributed by atoms with E-state index in [2.05, 4.69) is 35.0 Å². The molecule has 0 aliphatic carbocycles. The van der Waals surface area contributed by atoms with Gasteiger partial charge in [-0.05, 0) is 81.8 Å². The van der Waals surface area contributed by atoms with Gasteiger partial charge in [0.2, 0.25) is 12.3 Å². The van der Waals surface area contributed by atoms with E-state index in [0.717, 1.165) is 5.56 Å². The van der Waals surface area contributed by atoms with Crippen LogP contribution in [-0.4, -0.2) is 42.8 Å². The fourth-order valence-corrected chi connectivity index (χ4v) is 2.45. The minimum atomic E-state index is -0.859. The highest BCUT2D eigenvalue weighted by atomic mass is 16.7. The number of hydrogen-bond donors (Lipinski definition) is 3. The molecule has 3 amide bonds. The second-order valence-corrected chi connectivity index (χ2v) is 9.47. The summed E-state index contributed by atoms with van der Waals surface area (Å²) in [7, 11) is 0. The lowest BCUT2D eigenvalue weighted by molar-refractivity contribution is -0.120. The number of ether oxygens (including phenoxy) is 3. The molecule has 0 aliphatic heterocycles. The van der Waals surface area contributed by atoms with Crippen LogP contribution in [0.5, 0.6) is 5.75 Å². The van der Waals surface area contributed by atoms with Crippen LogP contribution in [0.25, 0.3) is 0 Å². The number of nitroso groups, excluding NO2 is 1. The van der Waals surface area contributed by atoms with Gasteiger partial charge in [0.05, 0.1) is 0 Å². The van der Waals surface area contributed by atoms with Gasteiger partial charge >= 0.3 is 12.2 Å². The molecule has 0 saturated carbocycles. The molecule has 220 valence electrons. The topological polar surface area (TPSA) is 161 Å². The summed E-state index contributed by atoms with van der Waals surface area (Å²) < 4.78 is 14.8. The molecular weight excluding hydrogens is 520 g/mol. The second kappa shape index (κ2) is 19.6. The van der Waals surface area contributed by atoms with Crippen LogP contribution in [0.1, 0.15) is 60.5 Å². The quantitative estimate of drug-likeness (QED) is 0.150. The first-order valence-electron chi connectivity index (χ1n) is 12.7. The zero-order valence-corrected chi connectivity index (χ0v) is 24.1. The Labute approximate surface area is 235 Å². The fourth-order valence-electron chi connectivity index (χ4n) is 2.45. The molecule has 0 bridgehead atoms. The second-order valence-electron chi connectivity index (χ2n) is 9.47. The van der Waals surface area contributed by atoms with Crippen LogP contribution >= 0.6 is 0 Å². The van der Waals surface area contributed by atoms with Crippen LogP contribution in [0, 0.1) is 4.91 Å². The molecule has 0 saturated heterocycles. The standard InChI is InChI=1S/C15H12N2O5.C10H20N2O3.C3H8/c18-10-16-12-3-1-11(2-4-12)9-21-15(19)22-14-7-5-13(17-20)6-8-14;1-7(2)12-8(13)6-11-9(14)15-10(3,4)5;1-3-2/h1-8,10H,9H2,(H,16,18);7H,6H2,1-5H3,(H,11,14)(H,12,13);3H2,1-2H3. The molecular formula is C28H40N4O8. The van der Waals surface area contributed by atoms with E-state index < -0.39 is 17.8 Å². The van der Waals surface area contributed by atoms with E-state index in [1.165, 1.54) is 30.7 Å². The Kier molecular flexibility index (Phi) is 17.4. The van der Waals surface area contributed by atoms with E-state index in [9.17, 15) is 24.1 Å². The van der Waals surface area contributed by atoms with E-state index in [4.69, 9.17) is 14.2 Å². The molecule has 0 spiro atoms. The highest BCUT2D eigenvalue weighted by Crippen LogP contribution is 2.18. The van der Waals surface area contributed by atoms with Gasteiger partial charge < -0.3 is 30.2 Å². The summed E-state index contributed by atoms with van der Waals surface area (Å²) >= 11 is 0. The Bertz CT molecular complexity index is 1050. The van der Waals surface area contributed by atoms with E-state index >= 15 is 0 Å². The zero-order valence-electron chi connectivity index (χ0n) is 24.1. The number of alkyl carbamates (subject to hydrolysis) is 1. The van der Waals surface area contributed by atoms with Crippen molar-refractivity contribution in [3.05, 3.63) is 59.0 Å². The van der Waals surface area contributed by atoms with Crippen molar-refractivity contribution in [2.24, 2.45) is 5.18 Å². The Morgan fingerprint density at radius 3 is 2.02 bits per heavy atom. The number of hydrogen-bond acceptors (Lipinski definition) is 9. The maximum Gasteiger partial charge on any atom is 0.514 e. The monoisotopic (exact) mass is 560 g/mol. The van der Waals surface area contributed by atoms with Gasteiger partial charge in [-0.2, -0.15) is 0 Å². The summed E-state index contributed by atoms with van der Waals surface area (Å²) in [5.74, 6) is 0.0267. The van der Waals surface area contributed by atoms with E-state index in [1.54, 1.807) is 45.0 Å². The maximum atomic E-state index is 11.5. The SMILES string of the molecule is CC(C)NC(=O)CNC(=O)OC(C)(C)C.CCC.O=CNc1ccc(COC(=O)Oc2ccc(N=O)cc2)cc1. The Balaban J connectivity index is 0.000000738. The van der Waals surface area contributed by atoms with Crippen LogP contribution in [-0.2, 0) is 25.7 Å². The van der Waals surface area contributed by atoms with Crippen molar-refractivity contribution in [1.29, 1.82) is 0 Å². The number of anilines is 1. The van der Waals surface area contributed by atoms with E-state index in [0.29, 0.717) is 12.1 Å². The normalized spacial score (nSPS) is 9.90. The van der Waals surface area contributed by atoms with Crippen molar-refractivity contribution in [3.8, 4) is 5.75 Å². The van der Waals surface area contributed by atoms with Crippen LogP contribution in [0.15, 0.2) is 53.7 Å². The predicted octanol–water partition coefficient (Wildman–Crippen LogP) is 5.82. The number of carbonyl (C=O) groups excluding carboxylic acids is 4. The van der Waals surface area contributed by atoms with Crippen molar-refractivity contribution < 1.29 is 33.4 Å². The fraction of sp³-hybridized carbons (Fsp3) is 0.429. The maximum absolute atomic E-state index is 11.5. The summed E-state index contributed by atoms with van der Waals surface area (Å²) in [5, 5.41) is 10.3. The molecule has 0 aliphatic rings. The number of benzene rings is 2. The van der Waals surface area contributed by atoms with Gasteiger partial charge in [-0.1, -0.05) is 32.4 Å².